The average Bonchev–Trinajstić information content (AvgIpc) is 2.86. The van der Waals surface area contributed by atoms with Crippen LogP contribution in [0.3, 0.4) is 0 Å². The molecule has 2 amide bonds. The molecule has 2 atom stereocenters. The van der Waals surface area contributed by atoms with Crippen LogP contribution < -0.4 is 5.32 Å². The van der Waals surface area contributed by atoms with Crippen molar-refractivity contribution in [2.75, 3.05) is 13.6 Å². The monoisotopic (exact) mass is 573 g/mol. The van der Waals surface area contributed by atoms with Crippen LogP contribution in [0.15, 0.2) is 76.1 Å². The van der Waals surface area contributed by atoms with Crippen LogP contribution in [0.4, 0.5) is 0 Å². The van der Waals surface area contributed by atoms with E-state index >= 15 is 0 Å². The van der Waals surface area contributed by atoms with E-state index in [-0.39, 0.29) is 23.4 Å². The smallest absolute Gasteiger partial charge is 0.243 e. The Morgan fingerprint density at radius 3 is 2.33 bits per heavy atom. The zero-order valence-corrected chi connectivity index (χ0v) is 23.3. The van der Waals surface area contributed by atoms with Crippen molar-refractivity contribution < 1.29 is 18.0 Å². The van der Waals surface area contributed by atoms with Crippen molar-refractivity contribution >= 4 is 48.5 Å². The SMILES string of the molecule is CC[C@@H](C)NC(=O)[C@H](C)N(Cc1cccc(Br)c1)C(=O)CN(C)S(=O)(=O)c1ccc2ccccc2c1. The lowest BCUT2D eigenvalue weighted by Gasteiger charge is -2.31. The highest BCUT2D eigenvalue weighted by Gasteiger charge is 2.30. The topological polar surface area (TPSA) is 86.8 Å². The largest absolute Gasteiger partial charge is 0.352 e. The third-order valence-electron chi connectivity index (χ3n) is 6.20. The van der Waals surface area contributed by atoms with Gasteiger partial charge in [0.05, 0.1) is 11.4 Å². The molecule has 9 heteroatoms. The number of nitrogens with one attached hydrogen (secondary N) is 1. The van der Waals surface area contributed by atoms with Gasteiger partial charge in [-0.3, -0.25) is 9.59 Å². The lowest BCUT2D eigenvalue weighted by atomic mass is 10.1. The first-order chi connectivity index (χ1) is 17.0. The fourth-order valence-electron chi connectivity index (χ4n) is 3.75. The summed E-state index contributed by atoms with van der Waals surface area (Å²) < 4.78 is 28.5. The summed E-state index contributed by atoms with van der Waals surface area (Å²) in [5.41, 5.74) is 0.820. The van der Waals surface area contributed by atoms with Crippen molar-refractivity contribution in [3.8, 4) is 0 Å². The molecule has 0 radical (unpaired) electrons. The third-order valence-corrected chi connectivity index (χ3v) is 8.49. The van der Waals surface area contributed by atoms with E-state index in [2.05, 4.69) is 21.2 Å². The maximum atomic E-state index is 13.5. The van der Waals surface area contributed by atoms with Gasteiger partial charge in [-0.25, -0.2) is 8.42 Å². The fraction of sp³-hybridized carbons (Fsp3) is 0.333. The van der Waals surface area contributed by atoms with Crippen LogP contribution in [0.2, 0.25) is 0 Å². The zero-order valence-electron chi connectivity index (χ0n) is 20.9. The van der Waals surface area contributed by atoms with Crippen LogP contribution in [0.1, 0.15) is 32.8 Å². The van der Waals surface area contributed by atoms with Crippen LogP contribution in [0, 0.1) is 0 Å². The van der Waals surface area contributed by atoms with E-state index in [1.54, 1.807) is 25.1 Å². The van der Waals surface area contributed by atoms with Crippen LogP contribution in [0.5, 0.6) is 0 Å². The number of likely N-dealkylation sites (N-methyl/N-ethyl adjacent to an activating group) is 1. The van der Waals surface area contributed by atoms with Gasteiger partial charge in [0.15, 0.2) is 0 Å². The van der Waals surface area contributed by atoms with Crippen molar-refractivity contribution in [1.82, 2.24) is 14.5 Å². The molecule has 0 aliphatic heterocycles. The summed E-state index contributed by atoms with van der Waals surface area (Å²) in [6.45, 7) is 5.29. The fourth-order valence-corrected chi connectivity index (χ4v) is 5.36. The molecule has 0 aliphatic carbocycles. The molecule has 0 aromatic heterocycles. The highest BCUT2D eigenvalue weighted by atomic mass is 79.9. The standard InChI is InChI=1S/C27H32BrN3O4S/c1-5-19(2)29-27(33)20(3)31(17-21-9-8-12-24(28)15-21)26(32)18-30(4)36(34,35)25-14-13-22-10-6-7-11-23(22)16-25/h6-16,19-20H,5,17-18H2,1-4H3,(H,29,33)/t19-,20+/m1/s1. The molecule has 0 aliphatic rings. The normalized spacial score (nSPS) is 13.4. The summed E-state index contributed by atoms with van der Waals surface area (Å²) in [6, 6.07) is 19.0. The summed E-state index contributed by atoms with van der Waals surface area (Å²) >= 11 is 3.44. The number of amides is 2. The van der Waals surface area contributed by atoms with Crippen molar-refractivity contribution in [3.05, 3.63) is 76.8 Å². The van der Waals surface area contributed by atoms with E-state index in [0.717, 1.165) is 31.5 Å². The van der Waals surface area contributed by atoms with Crippen LogP contribution in [-0.2, 0) is 26.2 Å². The van der Waals surface area contributed by atoms with Crippen molar-refractivity contribution in [2.45, 2.75) is 50.7 Å². The number of rotatable bonds is 10. The van der Waals surface area contributed by atoms with Crippen molar-refractivity contribution in [3.63, 3.8) is 0 Å². The lowest BCUT2D eigenvalue weighted by molar-refractivity contribution is -0.140. The minimum atomic E-state index is -3.93. The van der Waals surface area contributed by atoms with Crippen molar-refractivity contribution in [2.24, 2.45) is 0 Å². The third kappa shape index (κ3) is 6.72. The molecule has 3 rings (SSSR count). The molecule has 36 heavy (non-hydrogen) atoms. The van der Waals surface area contributed by atoms with Gasteiger partial charge >= 0.3 is 0 Å². The summed E-state index contributed by atoms with van der Waals surface area (Å²) in [4.78, 5) is 27.9. The Kier molecular flexibility index (Phi) is 9.27. The number of hydrogen-bond acceptors (Lipinski definition) is 4. The molecule has 0 saturated carbocycles. The average molecular weight is 575 g/mol. The summed E-state index contributed by atoms with van der Waals surface area (Å²) in [5.74, 6) is -0.749. The molecule has 0 bridgehead atoms. The Bertz CT molecular complexity index is 1350. The van der Waals surface area contributed by atoms with Gasteiger partial charge in [0.25, 0.3) is 0 Å². The number of fused-ring (bicyclic) bond motifs is 1. The Balaban J connectivity index is 1.85. The van der Waals surface area contributed by atoms with Gasteiger partial charge in [-0.2, -0.15) is 4.31 Å². The summed E-state index contributed by atoms with van der Waals surface area (Å²) in [6.07, 6.45) is 0.755. The van der Waals surface area contributed by atoms with Gasteiger partial charge in [0.1, 0.15) is 6.04 Å². The molecule has 1 N–H and O–H groups in total. The molecule has 3 aromatic carbocycles. The van der Waals surface area contributed by atoms with E-state index in [4.69, 9.17) is 0 Å². The van der Waals surface area contributed by atoms with Crippen LogP contribution >= 0.6 is 15.9 Å². The second-order valence-electron chi connectivity index (χ2n) is 8.92. The molecule has 0 saturated heterocycles. The van der Waals surface area contributed by atoms with Gasteiger partial charge in [-0.15, -0.1) is 0 Å². The highest BCUT2D eigenvalue weighted by molar-refractivity contribution is 9.10. The van der Waals surface area contributed by atoms with Gasteiger partial charge < -0.3 is 10.2 Å². The first-order valence-electron chi connectivity index (χ1n) is 11.8. The molecular weight excluding hydrogens is 542 g/mol. The summed E-state index contributed by atoms with van der Waals surface area (Å²) in [7, 11) is -2.55. The predicted molar refractivity (Wildman–Crippen MR) is 146 cm³/mol. The molecular formula is C27H32BrN3O4S. The minimum Gasteiger partial charge on any atom is -0.352 e. The maximum Gasteiger partial charge on any atom is 0.243 e. The zero-order chi connectivity index (χ0) is 26.5. The number of carbonyl (C=O) groups excluding carboxylic acids is 2. The Morgan fingerprint density at radius 1 is 0.972 bits per heavy atom. The Hall–Kier alpha value is -2.75. The number of halogens is 1. The van der Waals surface area contributed by atoms with Gasteiger partial charge in [-0.1, -0.05) is 65.3 Å². The first-order valence-corrected chi connectivity index (χ1v) is 14.1. The quantitative estimate of drug-likeness (QED) is 0.385. The second kappa shape index (κ2) is 12.0. The highest BCUT2D eigenvalue weighted by Crippen LogP contribution is 2.22. The Labute approximate surface area is 221 Å². The number of hydrogen-bond donors (Lipinski definition) is 1. The van der Waals surface area contributed by atoms with E-state index in [9.17, 15) is 18.0 Å². The summed E-state index contributed by atoms with van der Waals surface area (Å²) in [5, 5.41) is 4.64. The first kappa shape index (κ1) is 27.8. The number of carbonyl (C=O) groups is 2. The van der Waals surface area contributed by atoms with Crippen LogP contribution in [-0.4, -0.2) is 55.1 Å². The predicted octanol–water partition coefficient (Wildman–Crippen LogP) is 4.55. The molecule has 0 unspecified atom stereocenters. The maximum absolute atomic E-state index is 13.5. The van der Waals surface area contributed by atoms with Crippen molar-refractivity contribution in [1.29, 1.82) is 0 Å². The second-order valence-corrected chi connectivity index (χ2v) is 11.9. The Morgan fingerprint density at radius 2 is 1.67 bits per heavy atom. The van der Waals surface area contributed by atoms with E-state index < -0.39 is 28.5 Å². The van der Waals surface area contributed by atoms with E-state index in [1.165, 1.54) is 11.9 Å². The number of benzene rings is 3. The lowest BCUT2D eigenvalue weighted by Crippen LogP contribution is -2.51. The van der Waals surface area contributed by atoms with Crippen LogP contribution in [0.25, 0.3) is 10.8 Å². The van der Waals surface area contributed by atoms with E-state index in [0.29, 0.717) is 0 Å². The van der Waals surface area contributed by atoms with Gasteiger partial charge in [-0.05, 0) is 60.9 Å². The number of sulfonamides is 1. The molecule has 0 spiro atoms. The van der Waals surface area contributed by atoms with Gasteiger partial charge in [0.2, 0.25) is 21.8 Å². The molecule has 3 aromatic rings. The molecule has 0 heterocycles. The minimum absolute atomic E-state index is 0.0428. The molecule has 7 nitrogen and oxygen atoms in total. The van der Waals surface area contributed by atoms with E-state index in [1.807, 2.05) is 62.4 Å². The number of nitrogens with zero attached hydrogens (tertiary/aromatic N) is 2. The molecule has 192 valence electrons. The molecule has 0 fully saturated rings. The van der Waals surface area contributed by atoms with Gasteiger partial charge in [0, 0.05) is 24.1 Å².